The summed E-state index contributed by atoms with van der Waals surface area (Å²) < 4.78 is 38.5. The topological polar surface area (TPSA) is 38.7 Å². The lowest BCUT2D eigenvalue weighted by atomic mass is 10.1. The van der Waals surface area contributed by atoms with Gasteiger partial charge in [-0.3, -0.25) is 5.43 Å². The fourth-order valence-corrected chi connectivity index (χ4v) is 3.55. The van der Waals surface area contributed by atoms with E-state index in [4.69, 9.17) is 0 Å². The van der Waals surface area contributed by atoms with Crippen LogP contribution in [0.4, 0.5) is 18.9 Å². The number of nitrogens with zero attached hydrogens (tertiary/aromatic N) is 2. The number of hydrazine groups is 1. The largest absolute Gasteiger partial charge is 0.492 e. The SMILES string of the molecule is OC1=C2C(=c3ccccc3=CN2C2CC2)NN1c1ccc(C(F)(F)F)cc1. The lowest BCUT2D eigenvalue weighted by Crippen LogP contribution is -2.41. The van der Waals surface area contributed by atoms with Gasteiger partial charge in [0.25, 0.3) is 0 Å². The number of hydrogen-bond acceptors (Lipinski definition) is 4. The van der Waals surface area contributed by atoms with Crippen LogP contribution in [-0.2, 0) is 6.18 Å². The first kappa shape index (κ1) is 16.1. The molecule has 2 N–H and O–H groups in total. The molecule has 0 radical (unpaired) electrons. The number of nitrogens with one attached hydrogen (secondary N) is 1. The van der Waals surface area contributed by atoms with Gasteiger partial charge in [-0.25, -0.2) is 5.01 Å². The maximum absolute atomic E-state index is 12.8. The maximum Gasteiger partial charge on any atom is 0.416 e. The van der Waals surface area contributed by atoms with Crippen molar-refractivity contribution in [1.82, 2.24) is 10.3 Å². The average molecular weight is 371 g/mol. The van der Waals surface area contributed by atoms with Gasteiger partial charge in [-0.15, -0.1) is 0 Å². The van der Waals surface area contributed by atoms with Crippen LogP contribution in [0.2, 0.25) is 0 Å². The van der Waals surface area contributed by atoms with Gasteiger partial charge in [0.1, 0.15) is 5.70 Å². The van der Waals surface area contributed by atoms with Crippen molar-refractivity contribution < 1.29 is 18.3 Å². The van der Waals surface area contributed by atoms with Gasteiger partial charge in [-0.1, -0.05) is 24.3 Å². The monoisotopic (exact) mass is 371 g/mol. The predicted molar refractivity (Wildman–Crippen MR) is 95.1 cm³/mol. The molecule has 0 atom stereocenters. The fourth-order valence-electron chi connectivity index (χ4n) is 3.55. The van der Waals surface area contributed by atoms with E-state index < -0.39 is 11.7 Å². The minimum Gasteiger partial charge on any atom is -0.492 e. The van der Waals surface area contributed by atoms with Crippen molar-refractivity contribution in [3.05, 3.63) is 76.1 Å². The lowest BCUT2D eigenvalue weighted by Gasteiger charge is -2.24. The molecule has 1 aliphatic carbocycles. The molecule has 3 aliphatic rings. The molecule has 2 aromatic rings. The van der Waals surface area contributed by atoms with E-state index in [9.17, 15) is 18.3 Å². The second kappa shape index (κ2) is 5.45. The zero-order chi connectivity index (χ0) is 18.8. The quantitative estimate of drug-likeness (QED) is 0.852. The van der Waals surface area contributed by atoms with Crippen LogP contribution in [-0.4, -0.2) is 16.0 Å². The molecule has 0 unspecified atom stereocenters. The third-order valence-corrected chi connectivity index (χ3v) is 5.04. The first-order chi connectivity index (χ1) is 12.9. The molecule has 0 saturated heterocycles. The van der Waals surface area contributed by atoms with E-state index in [0.29, 0.717) is 17.4 Å². The molecular formula is C20H16F3N3O. The third-order valence-electron chi connectivity index (χ3n) is 5.04. The molecular weight excluding hydrogens is 355 g/mol. The molecule has 2 aromatic carbocycles. The highest BCUT2D eigenvalue weighted by molar-refractivity contribution is 5.75. The highest BCUT2D eigenvalue weighted by Gasteiger charge is 2.39. The molecule has 0 amide bonds. The van der Waals surface area contributed by atoms with Crippen LogP contribution in [0.25, 0.3) is 11.9 Å². The average Bonchev–Trinajstić information content (AvgIpc) is 3.44. The summed E-state index contributed by atoms with van der Waals surface area (Å²) >= 11 is 0. The van der Waals surface area contributed by atoms with Gasteiger partial charge in [0.15, 0.2) is 0 Å². The molecule has 0 aromatic heterocycles. The highest BCUT2D eigenvalue weighted by atomic mass is 19.4. The molecule has 0 bridgehead atoms. The maximum atomic E-state index is 12.8. The highest BCUT2D eigenvalue weighted by Crippen LogP contribution is 2.39. The second-order valence-electron chi connectivity index (χ2n) is 6.89. The molecule has 0 spiro atoms. The number of aliphatic hydroxyl groups is 1. The first-order valence-corrected chi connectivity index (χ1v) is 8.71. The summed E-state index contributed by atoms with van der Waals surface area (Å²) in [5.41, 5.74) is 4.31. The van der Waals surface area contributed by atoms with Gasteiger partial charge in [0, 0.05) is 22.7 Å². The van der Waals surface area contributed by atoms with Crippen molar-refractivity contribution in [2.24, 2.45) is 0 Å². The molecule has 2 heterocycles. The Kier molecular flexibility index (Phi) is 3.25. The van der Waals surface area contributed by atoms with Crippen molar-refractivity contribution >= 4 is 17.6 Å². The molecule has 4 nitrogen and oxygen atoms in total. The normalized spacial score (nSPS) is 18.9. The van der Waals surface area contributed by atoms with Gasteiger partial charge in [-0.05, 0) is 37.1 Å². The Morgan fingerprint density at radius 2 is 1.70 bits per heavy atom. The van der Waals surface area contributed by atoms with Crippen molar-refractivity contribution in [3.63, 3.8) is 0 Å². The summed E-state index contributed by atoms with van der Waals surface area (Å²) in [4.78, 5) is 2.06. The van der Waals surface area contributed by atoms with Gasteiger partial charge < -0.3 is 10.0 Å². The Morgan fingerprint density at radius 3 is 2.37 bits per heavy atom. The first-order valence-electron chi connectivity index (χ1n) is 8.71. The predicted octanol–water partition coefficient (Wildman–Crippen LogP) is 2.78. The molecule has 1 saturated carbocycles. The summed E-state index contributed by atoms with van der Waals surface area (Å²) in [6, 6.07) is 12.9. The van der Waals surface area contributed by atoms with Crippen molar-refractivity contribution in [2.45, 2.75) is 25.1 Å². The minimum atomic E-state index is -4.39. The summed E-state index contributed by atoms with van der Waals surface area (Å²) in [6.07, 6.45) is -0.275. The summed E-state index contributed by atoms with van der Waals surface area (Å²) in [5.74, 6) is -0.0117. The number of benzene rings is 2. The fraction of sp³-hybridized carbons (Fsp3) is 0.200. The number of alkyl halides is 3. The van der Waals surface area contributed by atoms with Crippen LogP contribution in [0.5, 0.6) is 0 Å². The second-order valence-corrected chi connectivity index (χ2v) is 6.89. The third kappa shape index (κ3) is 2.53. The smallest absolute Gasteiger partial charge is 0.416 e. The van der Waals surface area contributed by atoms with Crippen molar-refractivity contribution in [2.75, 3.05) is 5.01 Å². The van der Waals surface area contributed by atoms with Crippen LogP contribution in [0.1, 0.15) is 18.4 Å². The Bertz CT molecular complexity index is 1070. The minimum absolute atomic E-state index is 0.0117. The van der Waals surface area contributed by atoms with Gasteiger partial charge in [-0.2, -0.15) is 13.2 Å². The van der Waals surface area contributed by atoms with E-state index in [-0.39, 0.29) is 5.88 Å². The van der Waals surface area contributed by atoms with Crippen LogP contribution >= 0.6 is 0 Å². The molecule has 1 fully saturated rings. The standard InChI is InChI=1S/C20H16F3N3O/c21-20(22,23)13-5-7-15(8-6-13)26-19(27)18-17(24-26)16-4-2-1-3-12(16)11-25(18)14-9-10-14/h1-8,11,14,24,27H,9-10H2. The zero-order valence-electron chi connectivity index (χ0n) is 14.2. The van der Waals surface area contributed by atoms with E-state index in [1.54, 1.807) is 0 Å². The molecule has 27 heavy (non-hydrogen) atoms. The number of halogens is 3. The summed E-state index contributed by atoms with van der Waals surface area (Å²) in [6.45, 7) is 0. The van der Waals surface area contributed by atoms with Crippen molar-refractivity contribution in [1.29, 1.82) is 0 Å². The van der Waals surface area contributed by atoms with E-state index in [2.05, 4.69) is 10.3 Å². The molecule has 5 rings (SSSR count). The lowest BCUT2D eigenvalue weighted by molar-refractivity contribution is -0.137. The van der Waals surface area contributed by atoms with Gasteiger partial charge >= 0.3 is 6.18 Å². The molecule has 138 valence electrons. The summed E-state index contributed by atoms with van der Waals surface area (Å²) in [7, 11) is 0. The Morgan fingerprint density at radius 1 is 1.00 bits per heavy atom. The zero-order valence-corrected chi connectivity index (χ0v) is 14.2. The van der Waals surface area contributed by atoms with Gasteiger partial charge in [0.05, 0.1) is 16.9 Å². The number of anilines is 1. The van der Waals surface area contributed by atoms with Crippen LogP contribution in [0.15, 0.2) is 60.1 Å². The Hall–Kier alpha value is -3.09. The number of rotatable bonds is 2. The van der Waals surface area contributed by atoms with Crippen molar-refractivity contribution in [3.8, 4) is 0 Å². The van der Waals surface area contributed by atoms with Crippen LogP contribution < -0.4 is 20.9 Å². The van der Waals surface area contributed by atoms with Crippen LogP contribution in [0, 0.1) is 0 Å². The van der Waals surface area contributed by atoms with Gasteiger partial charge in [0.2, 0.25) is 5.88 Å². The van der Waals surface area contributed by atoms with Crippen LogP contribution in [0.3, 0.4) is 0 Å². The summed E-state index contributed by atoms with van der Waals surface area (Å²) in [5, 5.41) is 14.3. The molecule has 7 heteroatoms. The number of aliphatic hydroxyl groups excluding tert-OH is 1. The van der Waals surface area contributed by atoms with E-state index in [1.807, 2.05) is 30.5 Å². The van der Waals surface area contributed by atoms with E-state index >= 15 is 0 Å². The number of hydrogen-bond donors (Lipinski definition) is 2. The Labute approximate surface area is 153 Å². The molecule has 2 aliphatic heterocycles. The number of fused-ring (bicyclic) bond motifs is 2. The Balaban J connectivity index is 1.61. The van der Waals surface area contributed by atoms with E-state index in [0.717, 1.165) is 41.1 Å². The van der Waals surface area contributed by atoms with E-state index in [1.165, 1.54) is 17.1 Å².